The monoisotopic (exact) mass is 289 g/mol. The molecule has 0 spiro atoms. The van der Waals surface area contributed by atoms with Crippen LogP contribution in [0.4, 0.5) is 0 Å². The van der Waals surface area contributed by atoms with Gasteiger partial charge in [-0.15, -0.1) is 0 Å². The predicted molar refractivity (Wildman–Crippen MR) is 80.6 cm³/mol. The molecule has 2 atom stereocenters. The number of phenols is 1. The number of carboxylic acids is 1. The first-order valence-electron chi connectivity index (χ1n) is 7.79. The Hall–Kier alpha value is -1.55. The van der Waals surface area contributed by atoms with Gasteiger partial charge in [0.25, 0.3) is 0 Å². The molecule has 114 valence electrons. The van der Waals surface area contributed by atoms with Crippen molar-refractivity contribution in [3.63, 3.8) is 0 Å². The number of hydrogen-bond donors (Lipinski definition) is 2. The smallest absolute Gasteiger partial charge is 0.304 e. The van der Waals surface area contributed by atoms with Crippen LogP contribution in [0.2, 0.25) is 0 Å². The molecular weight excluding hydrogens is 266 g/mol. The first kappa shape index (κ1) is 14.4. The number of hydrogen-bond acceptors (Lipinski definition) is 3. The maximum Gasteiger partial charge on any atom is 0.304 e. The summed E-state index contributed by atoms with van der Waals surface area (Å²) in [6.07, 6.45) is 3.44. The van der Waals surface area contributed by atoms with Crippen LogP contribution in [0.15, 0.2) is 12.1 Å². The molecule has 21 heavy (non-hydrogen) atoms. The molecule has 2 N–H and O–H groups in total. The molecule has 0 aliphatic heterocycles. The number of carbonyl (C=O) groups is 1. The van der Waals surface area contributed by atoms with Crippen molar-refractivity contribution in [1.82, 2.24) is 4.90 Å². The minimum Gasteiger partial charge on any atom is -0.508 e. The Morgan fingerprint density at radius 3 is 2.67 bits per heavy atom. The van der Waals surface area contributed by atoms with E-state index in [4.69, 9.17) is 5.11 Å². The van der Waals surface area contributed by atoms with Crippen molar-refractivity contribution in [2.75, 3.05) is 6.54 Å². The molecule has 0 saturated heterocycles. The highest BCUT2D eigenvalue weighted by Gasteiger charge is 2.41. The number of aryl methyl sites for hydroxylation is 1. The molecule has 4 heteroatoms. The average molecular weight is 289 g/mol. The molecular formula is C17H23NO3. The van der Waals surface area contributed by atoms with E-state index < -0.39 is 5.97 Å². The molecule has 0 bridgehead atoms. The summed E-state index contributed by atoms with van der Waals surface area (Å²) in [6, 6.07) is 4.42. The van der Waals surface area contributed by atoms with Gasteiger partial charge in [-0.2, -0.15) is 0 Å². The van der Waals surface area contributed by atoms with E-state index in [1.165, 1.54) is 11.1 Å². The fourth-order valence-corrected chi connectivity index (χ4v) is 3.83. The van der Waals surface area contributed by atoms with Crippen molar-refractivity contribution >= 4 is 5.97 Å². The number of fused-ring (bicyclic) bond motifs is 1. The van der Waals surface area contributed by atoms with Gasteiger partial charge in [0, 0.05) is 24.2 Å². The molecule has 0 radical (unpaired) electrons. The second kappa shape index (κ2) is 5.34. The molecule has 1 aromatic rings. The van der Waals surface area contributed by atoms with Gasteiger partial charge in [0.15, 0.2) is 0 Å². The lowest BCUT2D eigenvalue weighted by atomic mass is 9.97. The van der Waals surface area contributed by atoms with Gasteiger partial charge < -0.3 is 10.2 Å². The third kappa shape index (κ3) is 2.64. The number of rotatable bonds is 5. The summed E-state index contributed by atoms with van der Waals surface area (Å²) in [5, 5.41) is 19.3. The maximum absolute atomic E-state index is 10.9. The van der Waals surface area contributed by atoms with Crippen molar-refractivity contribution < 1.29 is 15.0 Å². The Morgan fingerprint density at radius 1 is 1.33 bits per heavy atom. The van der Waals surface area contributed by atoms with E-state index in [0.717, 1.165) is 24.8 Å². The summed E-state index contributed by atoms with van der Waals surface area (Å²) < 4.78 is 0. The SMILES string of the molecule is Cc1ccc(O)c2c1C(C)CC2N(CCC(=O)O)C1CC1. The third-order valence-corrected chi connectivity index (χ3v) is 4.89. The Bertz CT molecular complexity index is 565. The van der Waals surface area contributed by atoms with Crippen molar-refractivity contribution in [3.05, 3.63) is 28.8 Å². The molecule has 0 aromatic heterocycles. The van der Waals surface area contributed by atoms with Crippen LogP contribution in [0.5, 0.6) is 5.75 Å². The quantitative estimate of drug-likeness (QED) is 0.874. The molecule has 2 unspecified atom stereocenters. The first-order chi connectivity index (χ1) is 9.99. The van der Waals surface area contributed by atoms with Gasteiger partial charge in [-0.05, 0) is 49.3 Å². The normalized spacial score (nSPS) is 24.3. The van der Waals surface area contributed by atoms with Gasteiger partial charge in [0.1, 0.15) is 5.75 Å². The third-order valence-electron chi connectivity index (χ3n) is 4.89. The van der Waals surface area contributed by atoms with Crippen molar-refractivity contribution in [2.45, 2.75) is 57.5 Å². The second-order valence-corrected chi connectivity index (χ2v) is 6.49. The van der Waals surface area contributed by atoms with Gasteiger partial charge in [0.05, 0.1) is 6.42 Å². The van der Waals surface area contributed by atoms with Crippen molar-refractivity contribution in [1.29, 1.82) is 0 Å². The second-order valence-electron chi connectivity index (χ2n) is 6.49. The van der Waals surface area contributed by atoms with Crippen LogP contribution in [0.3, 0.4) is 0 Å². The molecule has 1 saturated carbocycles. The Kier molecular flexibility index (Phi) is 3.66. The topological polar surface area (TPSA) is 60.8 Å². The lowest BCUT2D eigenvalue weighted by molar-refractivity contribution is -0.137. The number of nitrogens with zero attached hydrogens (tertiary/aromatic N) is 1. The average Bonchev–Trinajstić information content (AvgIpc) is 3.18. The lowest BCUT2D eigenvalue weighted by Crippen LogP contribution is -2.32. The molecule has 4 nitrogen and oxygen atoms in total. The maximum atomic E-state index is 10.9. The molecule has 0 amide bonds. The van der Waals surface area contributed by atoms with Crippen LogP contribution < -0.4 is 0 Å². The van der Waals surface area contributed by atoms with Crippen molar-refractivity contribution in [3.8, 4) is 5.75 Å². The molecule has 3 rings (SSSR count). The fraction of sp³-hybridized carbons (Fsp3) is 0.588. The number of phenolic OH excluding ortho intramolecular Hbond substituents is 1. The molecule has 1 aromatic carbocycles. The van der Waals surface area contributed by atoms with Crippen LogP contribution in [0.1, 0.15) is 61.3 Å². The van der Waals surface area contributed by atoms with Crippen LogP contribution in [-0.2, 0) is 4.79 Å². The minimum atomic E-state index is -0.750. The van der Waals surface area contributed by atoms with Crippen LogP contribution >= 0.6 is 0 Å². The van der Waals surface area contributed by atoms with E-state index >= 15 is 0 Å². The Morgan fingerprint density at radius 2 is 2.05 bits per heavy atom. The summed E-state index contributed by atoms with van der Waals surface area (Å²) in [5.41, 5.74) is 3.53. The van der Waals surface area contributed by atoms with E-state index in [1.807, 2.05) is 6.07 Å². The molecule has 2 aliphatic carbocycles. The Labute approximate surface area is 125 Å². The summed E-state index contributed by atoms with van der Waals surface area (Å²) in [7, 11) is 0. The number of aromatic hydroxyl groups is 1. The van der Waals surface area contributed by atoms with Gasteiger partial charge in [0.2, 0.25) is 0 Å². The van der Waals surface area contributed by atoms with Crippen LogP contribution in [0.25, 0.3) is 0 Å². The summed E-state index contributed by atoms with van der Waals surface area (Å²) in [5.74, 6) is 0.0366. The fourth-order valence-electron chi connectivity index (χ4n) is 3.83. The molecule has 0 heterocycles. The van der Waals surface area contributed by atoms with E-state index in [1.54, 1.807) is 6.07 Å². The highest BCUT2D eigenvalue weighted by molar-refractivity contribution is 5.67. The number of benzene rings is 1. The highest BCUT2D eigenvalue weighted by atomic mass is 16.4. The van der Waals surface area contributed by atoms with Crippen LogP contribution in [0, 0.1) is 6.92 Å². The predicted octanol–water partition coefficient (Wildman–Crippen LogP) is 3.19. The summed E-state index contributed by atoms with van der Waals surface area (Å²) >= 11 is 0. The zero-order valence-corrected chi connectivity index (χ0v) is 12.7. The Balaban J connectivity index is 1.93. The van der Waals surface area contributed by atoms with Crippen LogP contribution in [-0.4, -0.2) is 33.7 Å². The zero-order valence-electron chi connectivity index (χ0n) is 12.7. The largest absolute Gasteiger partial charge is 0.508 e. The van der Waals surface area contributed by atoms with Gasteiger partial charge in [-0.25, -0.2) is 0 Å². The van der Waals surface area contributed by atoms with Gasteiger partial charge >= 0.3 is 5.97 Å². The van der Waals surface area contributed by atoms with Crippen molar-refractivity contribution in [2.24, 2.45) is 0 Å². The highest BCUT2D eigenvalue weighted by Crippen LogP contribution is 2.50. The van der Waals surface area contributed by atoms with E-state index in [-0.39, 0.29) is 12.5 Å². The minimum absolute atomic E-state index is 0.168. The summed E-state index contributed by atoms with van der Waals surface area (Å²) in [4.78, 5) is 13.2. The zero-order chi connectivity index (χ0) is 15.1. The van der Waals surface area contributed by atoms with E-state index in [0.29, 0.717) is 24.3 Å². The molecule has 1 fully saturated rings. The number of carboxylic acid groups (broad SMARTS) is 1. The first-order valence-corrected chi connectivity index (χ1v) is 7.79. The van der Waals surface area contributed by atoms with E-state index in [2.05, 4.69) is 18.7 Å². The van der Waals surface area contributed by atoms with Gasteiger partial charge in [-0.1, -0.05) is 13.0 Å². The summed E-state index contributed by atoms with van der Waals surface area (Å²) in [6.45, 7) is 4.87. The molecule has 2 aliphatic rings. The standard InChI is InChI=1S/C17H23NO3/c1-10-3-6-14(19)17-13(9-11(2)16(10)17)18(12-4-5-12)8-7-15(20)21/h3,6,11-13,19H,4-5,7-9H2,1-2H3,(H,20,21). The van der Waals surface area contributed by atoms with E-state index in [9.17, 15) is 9.90 Å². The van der Waals surface area contributed by atoms with Gasteiger partial charge in [-0.3, -0.25) is 9.69 Å². The number of aliphatic carboxylic acids is 1. The lowest BCUT2D eigenvalue weighted by Gasteiger charge is -2.29.